The van der Waals surface area contributed by atoms with E-state index in [0.717, 1.165) is 17.4 Å². The monoisotopic (exact) mass is 395 g/mol. The standard InChI is InChI=1S/C22H21NO6/c1-3-14-8-9-16-15(12-28-19(16)10-14)11-21(25)29-13-20(24)23-18-7-5-4-6-17(18)22(26)27-2/h4-10,12H,3,11,13H2,1-2H3,(H,23,24). The number of aryl methyl sites for hydroxylation is 1. The molecule has 0 bridgehead atoms. The number of carbonyl (C=O) groups is 3. The Hall–Kier alpha value is -3.61. The van der Waals surface area contributed by atoms with Crippen LogP contribution in [0.25, 0.3) is 11.0 Å². The summed E-state index contributed by atoms with van der Waals surface area (Å²) in [5.41, 5.74) is 3.05. The van der Waals surface area contributed by atoms with Crippen molar-refractivity contribution in [2.24, 2.45) is 0 Å². The Morgan fingerprint density at radius 1 is 1.10 bits per heavy atom. The molecule has 0 aliphatic carbocycles. The number of para-hydroxylation sites is 1. The fourth-order valence-electron chi connectivity index (χ4n) is 2.90. The highest BCUT2D eigenvalue weighted by atomic mass is 16.5. The first-order chi connectivity index (χ1) is 14.0. The van der Waals surface area contributed by atoms with Crippen LogP contribution in [-0.2, 0) is 31.9 Å². The third-order valence-electron chi connectivity index (χ3n) is 4.43. The van der Waals surface area contributed by atoms with Gasteiger partial charge in [-0.1, -0.05) is 31.2 Å². The van der Waals surface area contributed by atoms with Crippen LogP contribution in [0.5, 0.6) is 0 Å². The third-order valence-corrected chi connectivity index (χ3v) is 4.43. The molecule has 1 amide bonds. The van der Waals surface area contributed by atoms with Crippen LogP contribution in [0, 0.1) is 0 Å². The van der Waals surface area contributed by atoms with E-state index >= 15 is 0 Å². The summed E-state index contributed by atoms with van der Waals surface area (Å²) in [6.07, 6.45) is 2.41. The number of furan rings is 1. The quantitative estimate of drug-likeness (QED) is 0.615. The molecule has 1 N–H and O–H groups in total. The molecule has 0 aliphatic heterocycles. The molecular formula is C22H21NO6. The lowest BCUT2D eigenvalue weighted by atomic mass is 10.1. The fraction of sp³-hybridized carbons (Fsp3) is 0.227. The number of methoxy groups -OCH3 is 1. The topological polar surface area (TPSA) is 94.8 Å². The molecule has 0 unspecified atom stereocenters. The first kappa shape index (κ1) is 20.1. The van der Waals surface area contributed by atoms with Crippen molar-refractivity contribution in [1.29, 1.82) is 0 Å². The van der Waals surface area contributed by atoms with Gasteiger partial charge in [0.25, 0.3) is 5.91 Å². The molecule has 7 nitrogen and oxygen atoms in total. The van der Waals surface area contributed by atoms with Gasteiger partial charge in [0.2, 0.25) is 0 Å². The molecule has 0 radical (unpaired) electrons. The van der Waals surface area contributed by atoms with E-state index in [9.17, 15) is 14.4 Å². The number of hydrogen-bond acceptors (Lipinski definition) is 6. The van der Waals surface area contributed by atoms with E-state index in [0.29, 0.717) is 11.1 Å². The molecule has 0 saturated carbocycles. The van der Waals surface area contributed by atoms with Gasteiger partial charge in [-0.3, -0.25) is 9.59 Å². The molecule has 29 heavy (non-hydrogen) atoms. The minimum atomic E-state index is -0.573. The van der Waals surface area contributed by atoms with Crippen molar-refractivity contribution in [1.82, 2.24) is 0 Å². The van der Waals surface area contributed by atoms with Crippen LogP contribution in [0.2, 0.25) is 0 Å². The summed E-state index contributed by atoms with van der Waals surface area (Å²) in [5.74, 6) is -1.68. The van der Waals surface area contributed by atoms with Gasteiger partial charge in [-0.2, -0.15) is 0 Å². The van der Waals surface area contributed by atoms with E-state index in [-0.39, 0.29) is 17.7 Å². The molecule has 0 spiro atoms. The summed E-state index contributed by atoms with van der Waals surface area (Å²) >= 11 is 0. The lowest BCUT2D eigenvalue weighted by molar-refractivity contribution is -0.146. The van der Waals surface area contributed by atoms with Gasteiger partial charge < -0.3 is 19.2 Å². The molecule has 0 aliphatic rings. The molecule has 1 aromatic heterocycles. The van der Waals surface area contributed by atoms with Crippen LogP contribution < -0.4 is 5.32 Å². The van der Waals surface area contributed by atoms with Gasteiger partial charge >= 0.3 is 11.9 Å². The number of hydrogen-bond donors (Lipinski definition) is 1. The Labute approximate surface area is 167 Å². The molecule has 150 valence electrons. The molecule has 7 heteroatoms. The van der Waals surface area contributed by atoms with Gasteiger partial charge in [0.1, 0.15) is 5.58 Å². The van der Waals surface area contributed by atoms with Crippen LogP contribution in [0.1, 0.15) is 28.4 Å². The van der Waals surface area contributed by atoms with E-state index in [2.05, 4.69) is 17.0 Å². The van der Waals surface area contributed by atoms with Crippen molar-refractivity contribution in [2.75, 3.05) is 19.0 Å². The van der Waals surface area contributed by atoms with Gasteiger partial charge in [-0.25, -0.2) is 4.79 Å². The van der Waals surface area contributed by atoms with Crippen LogP contribution >= 0.6 is 0 Å². The second-order valence-corrected chi connectivity index (χ2v) is 6.37. The van der Waals surface area contributed by atoms with Crippen molar-refractivity contribution in [3.8, 4) is 0 Å². The SMILES string of the molecule is CCc1ccc2c(CC(=O)OCC(=O)Nc3ccccc3C(=O)OC)coc2c1. The van der Waals surface area contributed by atoms with Crippen LogP contribution in [0.15, 0.2) is 53.1 Å². The van der Waals surface area contributed by atoms with Crippen LogP contribution in [0.3, 0.4) is 0 Å². The van der Waals surface area contributed by atoms with Gasteiger partial charge in [0.15, 0.2) is 6.61 Å². The van der Waals surface area contributed by atoms with Crippen LogP contribution in [0.4, 0.5) is 5.69 Å². The largest absolute Gasteiger partial charge is 0.465 e. The van der Waals surface area contributed by atoms with E-state index in [1.807, 2.05) is 18.2 Å². The zero-order chi connectivity index (χ0) is 20.8. The molecular weight excluding hydrogens is 374 g/mol. The normalized spacial score (nSPS) is 10.6. The first-order valence-corrected chi connectivity index (χ1v) is 9.13. The fourth-order valence-corrected chi connectivity index (χ4v) is 2.90. The zero-order valence-electron chi connectivity index (χ0n) is 16.2. The summed E-state index contributed by atoms with van der Waals surface area (Å²) in [4.78, 5) is 36.0. The molecule has 0 saturated heterocycles. The minimum Gasteiger partial charge on any atom is -0.465 e. The Bertz CT molecular complexity index is 1050. The van der Waals surface area contributed by atoms with Gasteiger partial charge in [0.05, 0.1) is 31.0 Å². The number of anilines is 1. The molecule has 2 aromatic carbocycles. The predicted molar refractivity (Wildman–Crippen MR) is 107 cm³/mol. The second-order valence-electron chi connectivity index (χ2n) is 6.37. The summed E-state index contributed by atoms with van der Waals surface area (Å²) < 4.78 is 15.3. The van der Waals surface area contributed by atoms with Crippen molar-refractivity contribution < 1.29 is 28.3 Å². The van der Waals surface area contributed by atoms with Gasteiger partial charge in [0, 0.05) is 10.9 Å². The number of ether oxygens (including phenoxy) is 2. The Morgan fingerprint density at radius 2 is 1.90 bits per heavy atom. The van der Waals surface area contributed by atoms with E-state index in [1.54, 1.807) is 18.2 Å². The summed E-state index contributed by atoms with van der Waals surface area (Å²) in [6, 6.07) is 12.3. The number of rotatable bonds is 7. The summed E-state index contributed by atoms with van der Waals surface area (Å²) in [5, 5.41) is 3.39. The van der Waals surface area contributed by atoms with Crippen molar-refractivity contribution in [3.63, 3.8) is 0 Å². The Morgan fingerprint density at radius 3 is 2.66 bits per heavy atom. The second kappa shape index (κ2) is 9.05. The highest BCUT2D eigenvalue weighted by molar-refractivity contribution is 6.01. The number of amides is 1. The summed E-state index contributed by atoms with van der Waals surface area (Å²) in [7, 11) is 1.26. The zero-order valence-corrected chi connectivity index (χ0v) is 16.2. The molecule has 0 fully saturated rings. The lowest BCUT2D eigenvalue weighted by Crippen LogP contribution is -2.22. The maximum atomic E-state index is 12.1. The minimum absolute atomic E-state index is 0.00943. The van der Waals surface area contributed by atoms with Gasteiger partial charge in [-0.05, 0) is 30.2 Å². The molecule has 3 rings (SSSR count). The lowest BCUT2D eigenvalue weighted by Gasteiger charge is -2.10. The number of fused-ring (bicyclic) bond motifs is 1. The highest BCUT2D eigenvalue weighted by Gasteiger charge is 2.16. The van der Waals surface area contributed by atoms with Gasteiger partial charge in [-0.15, -0.1) is 0 Å². The highest BCUT2D eigenvalue weighted by Crippen LogP contribution is 2.23. The van der Waals surface area contributed by atoms with E-state index in [1.165, 1.54) is 19.4 Å². The number of benzene rings is 2. The Balaban J connectivity index is 1.57. The molecule has 3 aromatic rings. The van der Waals surface area contributed by atoms with Crippen molar-refractivity contribution >= 4 is 34.5 Å². The third kappa shape index (κ3) is 4.82. The number of esters is 2. The Kier molecular flexibility index (Phi) is 6.29. The maximum absolute atomic E-state index is 12.1. The number of nitrogens with one attached hydrogen (secondary N) is 1. The van der Waals surface area contributed by atoms with Crippen molar-refractivity contribution in [2.45, 2.75) is 19.8 Å². The van der Waals surface area contributed by atoms with E-state index in [4.69, 9.17) is 9.15 Å². The van der Waals surface area contributed by atoms with Crippen molar-refractivity contribution in [3.05, 3.63) is 65.4 Å². The maximum Gasteiger partial charge on any atom is 0.339 e. The smallest absolute Gasteiger partial charge is 0.339 e. The van der Waals surface area contributed by atoms with Crippen LogP contribution in [-0.4, -0.2) is 31.6 Å². The average Bonchev–Trinajstić information content (AvgIpc) is 3.13. The molecule has 0 atom stereocenters. The average molecular weight is 395 g/mol. The number of carbonyl (C=O) groups excluding carboxylic acids is 3. The summed E-state index contributed by atoms with van der Waals surface area (Å²) in [6.45, 7) is 1.58. The van der Waals surface area contributed by atoms with E-state index < -0.39 is 24.5 Å². The first-order valence-electron chi connectivity index (χ1n) is 9.13. The predicted octanol–water partition coefficient (Wildman–Crippen LogP) is 3.51. The molecule has 1 heterocycles.